The minimum absolute atomic E-state index is 0.0809. The summed E-state index contributed by atoms with van der Waals surface area (Å²) in [6, 6.07) is 5.56. The van der Waals surface area contributed by atoms with Crippen LogP contribution in [0.4, 0.5) is 5.82 Å². The predicted molar refractivity (Wildman–Crippen MR) is 78.7 cm³/mol. The van der Waals surface area contributed by atoms with Gasteiger partial charge in [-0.15, -0.1) is 11.3 Å². The molecule has 0 saturated carbocycles. The Bertz CT molecular complexity index is 573. The Labute approximate surface area is 116 Å². The molecule has 2 rings (SSSR count). The second kappa shape index (κ2) is 5.84. The number of nitrogens with zero attached hydrogens (tertiary/aromatic N) is 1. The summed E-state index contributed by atoms with van der Waals surface area (Å²) < 4.78 is 0. The largest absolute Gasteiger partial charge is 0.373 e. The zero-order chi connectivity index (χ0) is 13.8. The van der Waals surface area contributed by atoms with Gasteiger partial charge in [0.15, 0.2) is 0 Å². The van der Waals surface area contributed by atoms with Crippen molar-refractivity contribution < 1.29 is 4.79 Å². The first-order chi connectivity index (χ1) is 9.10. The molecule has 0 saturated heterocycles. The van der Waals surface area contributed by atoms with E-state index in [-0.39, 0.29) is 5.91 Å². The third kappa shape index (κ3) is 3.32. The molecular formula is C14H17N3OS. The van der Waals surface area contributed by atoms with Crippen LogP contribution >= 0.6 is 11.3 Å². The van der Waals surface area contributed by atoms with E-state index in [9.17, 15) is 4.79 Å². The Morgan fingerprint density at radius 1 is 1.37 bits per heavy atom. The van der Waals surface area contributed by atoms with Crippen LogP contribution in [0.3, 0.4) is 0 Å². The number of amides is 1. The van der Waals surface area contributed by atoms with E-state index in [1.54, 1.807) is 36.7 Å². The van der Waals surface area contributed by atoms with E-state index in [2.05, 4.69) is 35.5 Å². The van der Waals surface area contributed by atoms with Crippen molar-refractivity contribution in [2.75, 3.05) is 12.4 Å². The molecule has 5 heteroatoms. The maximum Gasteiger partial charge on any atom is 0.251 e. The quantitative estimate of drug-likeness (QED) is 0.902. The lowest BCUT2D eigenvalue weighted by Gasteiger charge is -2.05. The zero-order valence-corrected chi connectivity index (χ0v) is 12.1. The molecule has 0 fully saturated rings. The number of carbonyl (C=O) groups is 1. The Balaban J connectivity index is 2.00. The third-order valence-corrected chi connectivity index (χ3v) is 4.07. The fourth-order valence-electron chi connectivity index (χ4n) is 1.71. The predicted octanol–water partition coefficient (Wildman–Crippen LogP) is 2.73. The summed E-state index contributed by atoms with van der Waals surface area (Å²) in [4.78, 5) is 18.6. The average Bonchev–Trinajstić information content (AvgIpc) is 2.75. The van der Waals surface area contributed by atoms with Crippen molar-refractivity contribution in [3.63, 3.8) is 0 Å². The van der Waals surface area contributed by atoms with Crippen molar-refractivity contribution in [3.8, 4) is 0 Å². The lowest BCUT2D eigenvalue weighted by Crippen LogP contribution is -2.22. The van der Waals surface area contributed by atoms with Crippen LogP contribution in [0.1, 0.15) is 25.7 Å². The summed E-state index contributed by atoms with van der Waals surface area (Å²) in [5, 5.41) is 5.84. The van der Waals surface area contributed by atoms with Gasteiger partial charge in [-0.05, 0) is 37.6 Å². The molecule has 0 bridgehead atoms. The highest BCUT2D eigenvalue weighted by Crippen LogP contribution is 2.20. The van der Waals surface area contributed by atoms with Crippen molar-refractivity contribution in [2.24, 2.45) is 0 Å². The number of hydrogen-bond donors (Lipinski definition) is 2. The first kappa shape index (κ1) is 13.5. The maximum atomic E-state index is 12.0. The van der Waals surface area contributed by atoms with E-state index in [1.807, 2.05) is 0 Å². The van der Waals surface area contributed by atoms with Gasteiger partial charge in [0.1, 0.15) is 5.82 Å². The van der Waals surface area contributed by atoms with Gasteiger partial charge < -0.3 is 10.6 Å². The number of thiophene rings is 1. The lowest BCUT2D eigenvalue weighted by molar-refractivity contribution is 0.0951. The van der Waals surface area contributed by atoms with Crippen molar-refractivity contribution in [3.05, 3.63) is 45.3 Å². The summed E-state index contributed by atoms with van der Waals surface area (Å²) in [5.41, 5.74) is 1.89. The van der Waals surface area contributed by atoms with Crippen LogP contribution in [-0.2, 0) is 6.54 Å². The molecule has 0 radical (unpaired) electrons. The molecule has 0 atom stereocenters. The smallest absolute Gasteiger partial charge is 0.251 e. The van der Waals surface area contributed by atoms with Gasteiger partial charge in [-0.1, -0.05) is 0 Å². The number of carbonyl (C=O) groups excluding carboxylic acids is 1. The molecule has 2 aromatic heterocycles. The number of aryl methyl sites for hydroxylation is 2. The zero-order valence-electron chi connectivity index (χ0n) is 11.3. The Morgan fingerprint density at radius 3 is 2.79 bits per heavy atom. The molecule has 0 aliphatic carbocycles. The Kier molecular flexibility index (Phi) is 4.16. The van der Waals surface area contributed by atoms with Gasteiger partial charge in [-0.25, -0.2) is 4.98 Å². The van der Waals surface area contributed by atoms with Gasteiger partial charge in [-0.2, -0.15) is 0 Å². The topological polar surface area (TPSA) is 54.0 Å². The van der Waals surface area contributed by atoms with Gasteiger partial charge in [0, 0.05) is 28.6 Å². The number of pyridine rings is 1. The second-order valence-electron chi connectivity index (χ2n) is 4.31. The van der Waals surface area contributed by atoms with Gasteiger partial charge in [0.2, 0.25) is 0 Å². The van der Waals surface area contributed by atoms with Crippen LogP contribution < -0.4 is 10.6 Å². The molecule has 100 valence electrons. The lowest BCUT2D eigenvalue weighted by atomic mass is 10.2. The molecule has 2 heterocycles. The normalized spacial score (nSPS) is 10.3. The van der Waals surface area contributed by atoms with Gasteiger partial charge >= 0.3 is 0 Å². The van der Waals surface area contributed by atoms with E-state index in [4.69, 9.17) is 0 Å². The van der Waals surface area contributed by atoms with Crippen LogP contribution in [0, 0.1) is 13.8 Å². The first-order valence-electron chi connectivity index (χ1n) is 6.08. The van der Waals surface area contributed by atoms with Crippen LogP contribution in [-0.4, -0.2) is 17.9 Å². The Hall–Kier alpha value is -1.88. The minimum atomic E-state index is -0.0809. The van der Waals surface area contributed by atoms with E-state index >= 15 is 0 Å². The average molecular weight is 275 g/mol. The minimum Gasteiger partial charge on any atom is -0.373 e. The number of anilines is 1. The number of hydrogen-bond acceptors (Lipinski definition) is 4. The molecule has 0 aliphatic rings. The molecule has 0 aromatic carbocycles. The molecule has 2 N–H and O–H groups in total. The summed E-state index contributed by atoms with van der Waals surface area (Å²) in [6.45, 7) is 4.74. The van der Waals surface area contributed by atoms with Crippen molar-refractivity contribution in [1.82, 2.24) is 10.3 Å². The van der Waals surface area contributed by atoms with Crippen molar-refractivity contribution >= 4 is 23.1 Å². The summed E-state index contributed by atoms with van der Waals surface area (Å²) in [7, 11) is 1.78. The van der Waals surface area contributed by atoms with Crippen molar-refractivity contribution in [2.45, 2.75) is 20.4 Å². The maximum absolute atomic E-state index is 12.0. The van der Waals surface area contributed by atoms with Crippen LogP contribution in [0.5, 0.6) is 0 Å². The highest BCUT2D eigenvalue weighted by Gasteiger charge is 2.07. The molecule has 0 spiro atoms. The van der Waals surface area contributed by atoms with E-state index in [0.29, 0.717) is 17.9 Å². The van der Waals surface area contributed by atoms with Gasteiger partial charge in [-0.3, -0.25) is 4.79 Å². The number of aromatic nitrogens is 1. The number of rotatable bonds is 4. The molecular weight excluding hydrogens is 258 g/mol. The summed E-state index contributed by atoms with van der Waals surface area (Å²) in [6.07, 6.45) is 1.63. The van der Waals surface area contributed by atoms with E-state index in [1.165, 1.54) is 15.3 Å². The molecule has 19 heavy (non-hydrogen) atoms. The van der Waals surface area contributed by atoms with Gasteiger partial charge in [0.05, 0.1) is 6.54 Å². The molecule has 2 aromatic rings. The standard InChI is InChI=1S/C14H17N3OS/c1-9-6-12(19-10(9)2)8-17-14(18)11-4-5-16-13(7-11)15-3/h4-7H,8H2,1-3H3,(H,15,16)(H,17,18). The highest BCUT2D eigenvalue weighted by molar-refractivity contribution is 7.12. The molecule has 4 nitrogen and oxygen atoms in total. The van der Waals surface area contributed by atoms with Crippen LogP contribution in [0.25, 0.3) is 0 Å². The second-order valence-corrected chi connectivity index (χ2v) is 5.66. The SMILES string of the molecule is CNc1cc(C(=O)NCc2cc(C)c(C)s2)ccn1. The molecule has 0 unspecified atom stereocenters. The summed E-state index contributed by atoms with van der Waals surface area (Å²) in [5.74, 6) is 0.609. The Morgan fingerprint density at radius 2 is 2.16 bits per heavy atom. The van der Waals surface area contributed by atoms with Gasteiger partial charge in [0.25, 0.3) is 5.91 Å². The number of nitrogens with one attached hydrogen (secondary N) is 2. The molecule has 0 aliphatic heterocycles. The van der Waals surface area contributed by atoms with Crippen molar-refractivity contribution in [1.29, 1.82) is 0 Å². The van der Waals surface area contributed by atoms with Crippen LogP contribution in [0.2, 0.25) is 0 Å². The monoisotopic (exact) mass is 275 g/mol. The van der Waals surface area contributed by atoms with Crippen LogP contribution in [0.15, 0.2) is 24.4 Å². The first-order valence-corrected chi connectivity index (χ1v) is 6.89. The molecule has 1 amide bonds. The third-order valence-electron chi connectivity index (χ3n) is 2.92. The van der Waals surface area contributed by atoms with E-state index in [0.717, 1.165) is 0 Å². The van der Waals surface area contributed by atoms with E-state index < -0.39 is 0 Å². The fourth-order valence-corrected chi connectivity index (χ4v) is 2.71. The fraction of sp³-hybridized carbons (Fsp3) is 0.286. The summed E-state index contributed by atoms with van der Waals surface area (Å²) >= 11 is 1.72. The highest BCUT2D eigenvalue weighted by atomic mass is 32.1.